The lowest BCUT2D eigenvalue weighted by molar-refractivity contribution is 0.0933. The molecule has 2 heterocycles. The van der Waals surface area contributed by atoms with Gasteiger partial charge in [-0.2, -0.15) is 0 Å². The number of aryl methyl sites for hydroxylation is 1. The second-order valence-corrected chi connectivity index (χ2v) is 8.54. The highest BCUT2D eigenvalue weighted by atomic mass is 32.2. The fraction of sp³-hybridized carbons (Fsp3) is 0.136. The maximum Gasteiger partial charge on any atom is 0.265 e. The molecule has 2 unspecified atom stereocenters. The number of para-hydroxylation sites is 1. The molecule has 2 aromatic carbocycles. The number of Topliss-reactive ketones (excluding diaryl/α,β-unsaturated/α-hetero) is 1. The number of rotatable bonds is 5. The van der Waals surface area contributed by atoms with Crippen LogP contribution in [0, 0.1) is 6.92 Å². The fourth-order valence-corrected chi connectivity index (χ4v) is 5.29. The molecule has 1 aliphatic heterocycles. The van der Waals surface area contributed by atoms with Crippen LogP contribution in [0.25, 0.3) is 0 Å². The van der Waals surface area contributed by atoms with Crippen molar-refractivity contribution in [3.63, 3.8) is 0 Å². The van der Waals surface area contributed by atoms with Crippen molar-refractivity contribution in [2.24, 2.45) is 0 Å². The Balaban J connectivity index is 1.91. The van der Waals surface area contributed by atoms with Crippen LogP contribution in [0.5, 0.6) is 0 Å². The number of hydrogen-bond donors (Lipinski definition) is 0. The van der Waals surface area contributed by atoms with Crippen LogP contribution < -0.4 is 4.31 Å². The number of sulfonamides is 1. The summed E-state index contributed by atoms with van der Waals surface area (Å²) in [6.45, 7) is 5.74. The van der Waals surface area contributed by atoms with Crippen LogP contribution in [0.15, 0.2) is 88.9 Å². The first-order chi connectivity index (χ1) is 13.4. The Bertz CT molecular complexity index is 1130. The molecule has 0 aliphatic carbocycles. The molecule has 0 saturated heterocycles. The maximum absolute atomic E-state index is 13.6. The summed E-state index contributed by atoms with van der Waals surface area (Å²) >= 11 is 0. The van der Waals surface area contributed by atoms with Gasteiger partial charge in [0.05, 0.1) is 16.8 Å². The van der Waals surface area contributed by atoms with Gasteiger partial charge in [-0.15, -0.1) is 6.58 Å². The number of furan rings is 1. The number of nitrogens with zero attached hydrogens (tertiary/aromatic N) is 1. The quantitative estimate of drug-likeness (QED) is 0.478. The summed E-state index contributed by atoms with van der Waals surface area (Å²) in [5.74, 6) is -0.760. The normalized spacial score (nSPS) is 18.7. The molecule has 2 atom stereocenters. The number of carbonyl (C=O) groups is 1. The van der Waals surface area contributed by atoms with E-state index in [1.807, 2.05) is 19.1 Å². The van der Waals surface area contributed by atoms with Crippen molar-refractivity contribution in [2.75, 3.05) is 4.31 Å². The predicted molar refractivity (Wildman–Crippen MR) is 107 cm³/mol. The van der Waals surface area contributed by atoms with Gasteiger partial charge in [0.2, 0.25) is 5.78 Å². The molecule has 0 fully saturated rings. The highest BCUT2D eigenvalue weighted by Crippen LogP contribution is 2.45. The SMILES string of the molecule is C=CC1c2ccccc2N(S(=O)(=O)c2ccc(C)cc2)C1C(=O)c1ccco1. The van der Waals surface area contributed by atoms with Gasteiger partial charge < -0.3 is 4.42 Å². The molecular formula is C22H19NO4S. The van der Waals surface area contributed by atoms with Crippen molar-refractivity contribution in [1.82, 2.24) is 0 Å². The molecule has 0 bridgehead atoms. The standard InChI is InChI=1S/C22H19NO4S/c1-3-17-18-7-4-5-8-19(18)23(21(17)22(24)20-9-6-14-27-20)28(25,26)16-12-10-15(2)11-13-16/h3-14,17,21H,1H2,2H3. The molecule has 3 aromatic rings. The Labute approximate surface area is 164 Å². The summed E-state index contributed by atoms with van der Waals surface area (Å²) < 4.78 is 33.6. The van der Waals surface area contributed by atoms with Crippen LogP contribution in [0.1, 0.15) is 27.6 Å². The zero-order chi connectivity index (χ0) is 19.9. The molecule has 28 heavy (non-hydrogen) atoms. The summed E-state index contributed by atoms with van der Waals surface area (Å²) in [5, 5.41) is 0. The van der Waals surface area contributed by atoms with Crippen LogP contribution in [0.3, 0.4) is 0 Å². The summed E-state index contributed by atoms with van der Waals surface area (Å²) in [6, 6.07) is 15.9. The molecule has 0 radical (unpaired) electrons. The van der Waals surface area contributed by atoms with Crippen molar-refractivity contribution in [3.05, 3.63) is 96.5 Å². The van der Waals surface area contributed by atoms with E-state index in [0.29, 0.717) is 5.69 Å². The van der Waals surface area contributed by atoms with E-state index in [9.17, 15) is 13.2 Å². The Morgan fingerprint density at radius 1 is 1.07 bits per heavy atom. The molecule has 4 rings (SSSR count). The molecular weight excluding hydrogens is 374 g/mol. The van der Waals surface area contributed by atoms with E-state index in [0.717, 1.165) is 11.1 Å². The van der Waals surface area contributed by atoms with Crippen LogP contribution in [-0.2, 0) is 10.0 Å². The van der Waals surface area contributed by atoms with Crippen LogP contribution in [0.4, 0.5) is 5.69 Å². The molecule has 0 N–H and O–H groups in total. The second-order valence-electron chi connectivity index (χ2n) is 6.72. The number of carbonyl (C=O) groups excluding carboxylic acids is 1. The van der Waals surface area contributed by atoms with Crippen molar-refractivity contribution in [1.29, 1.82) is 0 Å². The Morgan fingerprint density at radius 3 is 2.43 bits per heavy atom. The first-order valence-corrected chi connectivity index (χ1v) is 10.3. The van der Waals surface area contributed by atoms with Gasteiger partial charge >= 0.3 is 0 Å². The van der Waals surface area contributed by atoms with E-state index < -0.39 is 27.8 Å². The molecule has 5 nitrogen and oxygen atoms in total. The van der Waals surface area contributed by atoms with E-state index in [2.05, 4.69) is 6.58 Å². The lowest BCUT2D eigenvalue weighted by Gasteiger charge is -2.27. The Morgan fingerprint density at radius 2 is 1.79 bits per heavy atom. The number of hydrogen-bond acceptors (Lipinski definition) is 4. The van der Waals surface area contributed by atoms with Crippen LogP contribution in [-0.4, -0.2) is 20.2 Å². The third-order valence-electron chi connectivity index (χ3n) is 4.99. The van der Waals surface area contributed by atoms with Crippen molar-refractivity contribution < 1.29 is 17.6 Å². The molecule has 0 amide bonds. The molecule has 0 spiro atoms. The molecule has 0 saturated carbocycles. The Kier molecular flexibility index (Phi) is 4.43. The van der Waals surface area contributed by atoms with E-state index in [1.54, 1.807) is 54.6 Å². The average molecular weight is 393 g/mol. The minimum atomic E-state index is -3.97. The van der Waals surface area contributed by atoms with Gasteiger partial charge in [0, 0.05) is 5.92 Å². The fourth-order valence-electron chi connectivity index (χ4n) is 3.63. The number of anilines is 1. The molecule has 6 heteroatoms. The van der Waals surface area contributed by atoms with Gasteiger partial charge in [-0.25, -0.2) is 8.42 Å². The predicted octanol–water partition coefficient (Wildman–Crippen LogP) is 4.32. The van der Waals surface area contributed by atoms with E-state index in [4.69, 9.17) is 4.42 Å². The third kappa shape index (κ3) is 2.77. The molecule has 1 aliphatic rings. The number of fused-ring (bicyclic) bond motifs is 1. The first kappa shape index (κ1) is 18.3. The molecule has 1 aromatic heterocycles. The average Bonchev–Trinajstić information content (AvgIpc) is 3.34. The van der Waals surface area contributed by atoms with Gasteiger partial charge in [-0.1, -0.05) is 42.0 Å². The summed E-state index contributed by atoms with van der Waals surface area (Å²) in [6.07, 6.45) is 3.02. The summed E-state index contributed by atoms with van der Waals surface area (Å²) in [5.41, 5.74) is 2.18. The Hall–Kier alpha value is -3.12. The summed E-state index contributed by atoms with van der Waals surface area (Å²) in [7, 11) is -3.97. The zero-order valence-corrected chi connectivity index (χ0v) is 16.1. The summed E-state index contributed by atoms with van der Waals surface area (Å²) in [4.78, 5) is 13.4. The van der Waals surface area contributed by atoms with Crippen LogP contribution in [0.2, 0.25) is 0 Å². The van der Waals surface area contributed by atoms with E-state index in [-0.39, 0.29) is 10.7 Å². The maximum atomic E-state index is 13.6. The van der Waals surface area contributed by atoms with Crippen molar-refractivity contribution in [3.8, 4) is 0 Å². The van der Waals surface area contributed by atoms with Crippen molar-refractivity contribution in [2.45, 2.75) is 23.8 Å². The monoisotopic (exact) mass is 393 g/mol. The lowest BCUT2D eigenvalue weighted by Crippen LogP contribution is -2.44. The third-order valence-corrected chi connectivity index (χ3v) is 6.80. The second kappa shape index (κ2) is 6.80. The van der Waals surface area contributed by atoms with E-state index in [1.165, 1.54) is 10.6 Å². The number of benzene rings is 2. The highest BCUT2D eigenvalue weighted by molar-refractivity contribution is 7.93. The van der Waals surface area contributed by atoms with Gasteiger partial charge in [0.15, 0.2) is 5.76 Å². The molecule has 142 valence electrons. The van der Waals surface area contributed by atoms with Gasteiger partial charge in [0.1, 0.15) is 6.04 Å². The van der Waals surface area contributed by atoms with Gasteiger partial charge in [-0.05, 0) is 42.8 Å². The van der Waals surface area contributed by atoms with Gasteiger partial charge in [-0.3, -0.25) is 9.10 Å². The van der Waals surface area contributed by atoms with E-state index >= 15 is 0 Å². The zero-order valence-electron chi connectivity index (χ0n) is 15.3. The van der Waals surface area contributed by atoms with Gasteiger partial charge in [0.25, 0.3) is 10.0 Å². The lowest BCUT2D eigenvalue weighted by atomic mass is 9.92. The number of ketones is 1. The smallest absolute Gasteiger partial charge is 0.265 e. The highest BCUT2D eigenvalue weighted by Gasteiger charge is 2.48. The van der Waals surface area contributed by atoms with Crippen molar-refractivity contribution >= 4 is 21.5 Å². The minimum absolute atomic E-state index is 0.119. The van der Waals surface area contributed by atoms with Crippen LogP contribution >= 0.6 is 0 Å². The first-order valence-electron chi connectivity index (χ1n) is 8.85. The largest absolute Gasteiger partial charge is 0.461 e. The minimum Gasteiger partial charge on any atom is -0.461 e. The topological polar surface area (TPSA) is 67.6 Å².